The molecule has 0 saturated carbocycles. The number of hydrogen-bond donors (Lipinski definition) is 1. The lowest BCUT2D eigenvalue weighted by molar-refractivity contribution is 0.0880. The van der Waals surface area contributed by atoms with E-state index in [2.05, 4.69) is 12.3 Å². The van der Waals surface area contributed by atoms with Gasteiger partial charge in [-0.15, -0.1) is 0 Å². The smallest absolute Gasteiger partial charge is 0.122 e. The first kappa shape index (κ1) is 10.3. The van der Waals surface area contributed by atoms with Crippen molar-refractivity contribution in [3.8, 4) is 0 Å². The number of aromatic nitrogens is 1. The van der Waals surface area contributed by atoms with Crippen molar-refractivity contribution >= 4 is 0 Å². The van der Waals surface area contributed by atoms with Crippen LogP contribution in [0, 0.1) is 0 Å². The third kappa shape index (κ3) is 3.61. The van der Waals surface area contributed by atoms with Crippen LogP contribution in [0.15, 0.2) is 18.5 Å². The van der Waals surface area contributed by atoms with Crippen molar-refractivity contribution in [2.45, 2.75) is 33.0 Å². The van der Waals surface area contributed by atoms with Crippen molar-refractivity contribution in [1.82, 2.24) is 4.57 Å². The van der Waals surface area contributed by atoms with Gasteiger partial charge in [0.15, 0.2) is 0 Å². The number of rotatable bonds is 5. The Labute approximate surface area is 79.5 Å². The number of nitrogens with two attached hydrogens (primary N) is 1. The van der Waals surface area contributed by atoms with E-state index in [4.69, 9.17) is 10.5 Å². The summed E-state index contributed by atoms with van der Waals surface area (Å²) in [4.78, 5) is 0. The highest BCUT2D eigenvalue weighted by Crippen LogP contribution is 2.03. The molecule has 1 aromatic heterocycles. The van der Waals surface area contributed by atoms with E-state index in [1.807, 2.05) is 24.6 Å². The lowest BCUT2D eigenvalue weighted by atomic mass is 10.1. The van der Waals surface area contributed by atoms with Gasteiger partial charge in [-0.25, -0.2) is 0 Å². The number of nitrogens with zero attached hydrogens (tertiary/aromatic N) is 1. The van der Waals surface area contributed by atoms with Crippen LogP contribution in [0.1, 0.15) is 19.4 Å². The van der Waals surface area contributed by atoms with Crippen molar-refractivity contribution < 1.29 is 4.74 Å². The van der Waals surface area contributed by atoms with Crippen LogP contribution in [0.4, 0.5) is 0 Å². The molecule has 0 amide bonds. The van der Waals surface area contributed by atoms with Crippen LogP contribution in [0.2, 0.25) is 0 Å². The Morgan fingerprint density at radius 2 is 2.38 bits per heavy atom. The van der Waals surface area contributed by atoms with Gasteiger partial charge in [-0.1, -0.05) is 0 Å². The maximum absolute atomic E-state index is 5.69. The predicted molar refractivity (Wildman–Crippen MR) is 53.4 cm³/mol. The minimum Gasteiger partial charge on any atom is -0.361 e. The molecule has 1 aromatic rings. The molecule has 0 aromatic carbocycles. The Morgan fingerprint density at radius 1 is 1.62 bits per heavy atom. The molecule has 3 heteroatoms. The van der Waals surface area contributed by atoms with Crippen LogP contribution in [0.5, 0.6) is 0 Å². The maximum atomic E-state index is 5.69. The van der Waals surface area contributed by atoms with E-state index < -0.39 is 0 Å². The largest absolute Gasteiger partial charge is 0.361 e. The molecule has 0 aliphatic carbocycles. The van der Waals surface area contributed by atoms with Crippen molar-refractivity contribution in [1.29, 1.82) is 0 Å². The highest BCUT2D eigenvalue weighted by molar-refractivity contribution is 5.11. The Morgan fingerprint density at radius 3 is 3.00 bits per heavy atom. The normalized spacial score (nSPS) is 13.2. The van der Waals surface area contributed by atoms with Crippen LogP contribution in [0.25, 0.3) is 0 Å². The standard InChI is InChI=1S/C10H18N2O/c1-3-13-8-12-5-4-10(7-12)6-9(2)11/h4-5,7,9H,3,6,8,11H2,1-2H3. The summed E-state index contributed by atoms with van der Waals surface area (Å²) >= 11 is 0. The van der Waals surface area contributed by atoms with Gasteiger partial charge in [-0.05, 0) is 31.9 Å². The zero-order valence-electron chi connectivity index (χ0n) is 8.36. The molecule has 1 unspecified atom stereocenters. The summed E-state index contributed by atoms with van der Waals surface area (Å²) in [5.41, 5.74) is 6.97. The van der Waals surface area contributed by atoms with Crippen molar-refractivity contribution in [3.05, 3.63) is 24.0 Å². The van der Waals surface area contributed by atoms with E-state index in [1.54, 1.807) is 0 Å². The SMILES string of the molecule is CCOCn1ccc(CC(C)N)c1. The van der Waals surface area contributed by atoms with Gasteiger partial charge in [-0.3, -0.25) is 0 Å². The highest BCUT2D eigenvalue weighted by Gasteiger charge is 1.99. The minimum atomic E-state index is 0.225. The van der Waals surface area contributed by atoms with Gasteiger partial charge < -0.3 is 15.0 Å². The predicted octanol–water partition coefficient (Wildman–Crippen LogP) is 1.37. The molecule has 3 nitrogen and oxygen atoms in total. The molecule has 0 aliphatic heterocycles. The summed E-state index contributed by atoms with van der Waals surface area (Å²) in [6.07, 6.45) is 5.03. The summed E-state index contributed by atoms with van der Waals surface area (Å²) in [6.45, 7) is 5.39. The molecule has 74 valence electrons. The molecule has 1 heterocycles. The van der Waals surface area contributed by atoms with E-state index in [0.29, 0.717) is 6.73 Å². The second-order valence-corrected chi connectivity index (χ2v) is 3.34. The summed E-state index contributed by atoms with van der Waals surface area (Å²) in [6, 6.07) is 2.31. The van der Waals surface area contributed by atoms with Crippen LogP contribution < -0.4 is 5.73 Å². The van der Waals surface area contributed by atoms with Crippen LogP contribution in [-0.2, 0) is 17.9 Å². The Kier molecular flexibility index (Phi) is 3.99. The molecule has 0 saturated heterocycles. The van der Waals surface area contributed by atoms with Gasteiger partial charge in [0, 0.05) is 25.0 Å². The molecular weight excluding hydrogens is 164 g/mol. The lowest BCUT2D eigenvalue weighted by Crippen LogP contribution is -2.17. The first-order valence-corrected chi connectivity index (χ1v) is 4.70. The van der Waals surface area contributed by atoms with Crippen LogP contribution in [0.3, 0.4) is 0 Å². The monoisotopic (exact) mass is 182 g/mol. The second-order valence-electron chi connectivity index (χ2n) is 3.34. The first-order chi connectivity index (χ1) is 6.22. The summed E-state index contributed by atoms with van der Waals surface area (Å²) in [7, 11) is 0. The average Bonchev–Trinajstić information content (AvgIpc) is 2.48. The highest BCUT2D eigenvalue weighted by atomic mass is 16.5. The molecule has 0 fully saturated rings. The quantitative estimate of drug-likeness (QED) is 0.747. The Bertz CT molecular complexity index is 243. The molecule has 0 radical (unpaired) electrons. The second kappa shape index (κ2) is 5.04. The number of hydrogen-bond acceptors (Lipinski definition) is 2. The van der Waals surface area contributed by atoms with Crippen molar-refractivity contribution in [2.24, 2.45) is 5.73 Å². The van der Waals surface area contributed by atoms with Gasteiger partial charge >= 0.3 is 0 Å². The number of ether oxygens (including phenoxy) is 1. The fourth-order valence-electron chi connectivity index (χ4n) is 1.26. The van der Waals surface area contributed by atoms with E-state index in [0.717, 1.165) is 13.0 Å². The molecule has 0 spiro atoms. The fourth-order valence-corrected chi connectivity index (χ4v) is 1.26. The van der Waals surface area contributed by atoms with E-state index in [-0.39, 0.29) is 6.04 Å². The molecule has 0 aliphatic rings. The van der Waals surface area contributed by atoms with Gasteiger partial charge in [0.25, 0.3) is 0 Å². The Balaban J connectivity index is 2.44. The fraction of sp³-hybridized carbons (Fsp3) is 0.600. The third-order valence-electron chi connectivity index (χ3n) is 1.81. The van der Waals surface area contributed by atoms with Crippen LogP contribution >= 0.6 is 0 Å². The first-order valence-electron chi connectivity index (χ1n) is 4.70. The minimum absolute atomic E-state index is 0.225. The molecule has 2 N–H and O–H groups in total. The summed E-state index contributed by atoms with van der Waals surface area (Å²) in [5, 5.41) is 0. The summed E-state index contributed by atoms with van der Waals surface area (Å²) in [5.74, 6) is 0. The van der Waals surface area contributed by atoms with E-state index >= 15 is 0 Å². The zero-order chi connectivity index (χ0) is 9.68. The zero-order valence-corrected chi connectivity index (χ0v) is 8.36. The summed E-state index contributed by atoms with van der Waals surface area (Å²) < 4.78 is 7.30. The molecule has 1 rings (SSSR count). The maximum Gasteiger partial charge on any atom is 0.122 e. The Hall–Kier alpha value is -0.800. The van der Waals surface area contributed by atoms with Gasteiger partial charge in [-0.2, -0.15) is 0 Å². The van der Waals surface area contributed by atoms with Crippen LogP contribution in [-0.4, -0.2) is 17.2 Å². The van der Waals surface area contributed by atoms with E-state index in [9.17, 15) is 0 Å². The van der Waals surface area contributed by atoms with Gasteiger partial charge in [0.2, 0.25) is 0 Å². The van der Waals surface area contributed by atoms with E-state index in [1.165, 1.54) is 5.56 Å². The third-order valence-corrected chi connectivity index (χ3v) is 1.81. The molecular formula is C10H18N2O. The average molecular weight is 182 g/mol. The van der Waals surface area contributed by atoms with Crippen molar-refractivity contribution in [2.75, 3.05) is 6.61 Å². The van der Waals surface area contributed by atoms with Crippen molar-refractivity contribution in [3.63, 3.8) is 0 Å². The van der Waals surface area contributed by atoms with Gasteiger partial charge in [0.05, 0.1) is 0 Å². The molecule has 0 bridgehead atoms. The topological polar surface area (TPSA) is 40.2 Å². The molecule has 13 heavy (non-hydrogen) atoms. The lowest BCUT2D eigenvalue weighted by Gasteiger charge is -2.03. The molecule has 1 atom stereocenters. The van der Waals surface area contributed by atoms with Gasteiger partial charge in [0.1, 0.15) is 6.73 Å².